The number of aromatic nitrogens is 5. The van der Waals surface area contributed by atoms with Gasteiger partial charge in [0.15, 0.2) is 5.72 Å². The Kier molecular flexibility index (Phi) is 7.38. The number of hydrogen-bond donors (Lipinski definition) is 4. The number of aliphatic hydroxyl groups excluding tert-OH is 1. The predicted octanol–water partition coefficient (Wildman–Crippen LogP) is 4.42. The fraction of sp³-hybridized carbons (Fsp3) is 0.367. The molecule has 4 N–H and O–H groups in total. The number of nitrogens with one attached hydrogen (secondary N) is 2. The molecular formula is C30H30F3N7O3. The van der Waals surface area contributed by atoms with Crippen LogP contribution in [0.4, 0.5) is 24.8 Å². The maximum absolute atomic E-state index is 13.1. The third kappa shape index (κ3) is 5.95. The normalized spacial score (nSPS) is 23.5. The quantitative estimate of drug-likeness (QED) is 0.258. The lowest BCUT2D eigenvalue weighted by Crippen LogP contribution is -2.44. The van der Waals surface area contributed by atoms with Crippen LogP contribution in [0.25, 0.3) is 11.3 Å². The van der Waals surface area contributed by atoms with Crippen LogP contribution in [0.3, 0.4) is 0 Å². The molecule has 2 aromatic carbocycles. The minimum Gasteiger partial charge on any atom is -0.390 e. The topological polar surface area (TPSA) is 138 Å². The second kappa shape index (κ2) is 11.0. The maximum Gasteiger partial charge on any atom is 0.433 e. The Morgan fingerprint density at radius 2 is 1.88 bits per heavy atom. The highest BCUT2D eigenvalue weighted by atomic mass is 19.4. The average Bonchev–Trinajstić information content (AvgIpc) is 3.59. The molecule has 0 radical (unpaired) electrons. The van der Waals surface area contributed by atoms with Crippen LogP contribution in [0.2, 0.25) is 0 Å². The Bertz CT molecular complexity index is 1650. The fourth-order valence-corrected chi connectivity index (χ4v) is 5.87. The zero-order valence-electron chi connectivity index (χ0n) is 23.2. The van der Waals surface area contributed by atoms with Crippen molar-refractivity contribution in [1.82, 2.24) is 30.3 Å². The number of alkyl halides is 3. The van der Waals surface area contributed by atoms with E-state index in [0.717, 1.165) is 29.0 Å². The van der Waals surface area contributed by atoms with Gasteiger partial charge in [0.2, 0.25) is 11.9 Å². The number of anilines is 2. The van der Waals surface area contributed by atoms with Gasteiger partial charge in [0, 0.05) is 29.8 Å². The van der Waals surface area contributed by atoms with Gasteiger partial charge in [-0.15, -0.1) is 0 Å². The van der Waals surface area contributed by atoms with Crippen molar-refractivity contribution >= 4 is 17.5 Å². The smallest absolute Gasteiger partial charge is 0.390 e. The molecule has 0 saturated heterocycles. The van der Waals surface area contributed by atoms with Crippen LogP contribution < -0.4 is 10.6 Å². The number of benzene rings is 2. The van der Waals surface area contributed by atoms with E-state index >= 15 is 0 Å². The standard InChI is InChI=1S/C30H30F3N7O3/c1-17-12-20(14-21(13-17)36-28-34-11-8-25(37-28)30(31,32)33)23-16-35-40(39-23)29(43)9-6-18(7-10-29)27(42)38-26-22-5-3-2-4-19(22)15-24(26)41/h2-5,8,11-14,16,18,24,26,41,43H,6-7,9-10,15H2,1H3,(H,38,42)(H,34,36,37). The minimum absolute atomic E-state index is 0.151. The molecule has 0 bridgehead atoms. The van der Waals surface area contributed by atoms with Crippen LogP contribution in [0, 0.1) is 12.8 Å². The number of aliphatic hydroxyl groups is 2. The Morgan fingerprint density at radius 3 is 2.65 bits per heavy atom. The zero-order chi connectivity index (χ0) is 30.4. The zero-order valence-corrected chi connectivity index (χ0v) is 23.2. The molecule has 2 aliphatic carbocycles. The van der Waals surface area contributed by atoms with Gasteiger partial charge in [-0.1, -0.05) is 24.3 Å². The number of rotatable bonds is 6. The van der Waals surface area contributed by atoms with E-state index in [1.807, 2.05) is 37.3 Å². The van der Waals surface area contributed by atoms with Crippen LogP contribution in [-0.4, -0.2) is 47.2 Å². The molecule has 10 nitrogen and oxygen atoms in total. The number of carbonyl (C=O) groups excluding carboxylic acids is 1. The van der Waals surface area contributed by atoms with Gasteiger partial charge in [-0.05, 0) is 73.6 Å². The van der Waals surface area contributed by atoms with Gasteiger partial charge < -0.3 is 20.8 Å². The second-order valence-electron chi connectivity index (χ2n) is 11.2. The highest BCUT2D eigenvalue weighted by Crippen LogP contribution is 2.37. The SMILES string of the molecule is Cc1cc(Nc2nccc(C(F)(F)F)n2)cc(-c2cnn(C3(O)CCC(C(=O)NC4c5ccccc5CC4O)CC3)n2)c1. The van der Waals surface area contributed by atoms with E-state index in [1.165, 1.54) is 11.0 Å². The summed E-state index contributed by atoms with van der Waals surface area (Å²) in [7, 11) is 0. The van der Waals surface area contributed by atoms with Gasteiger partial charge in [0.25, 0.3) is 0 Å². The first-order valence-corrected chi connectivity index (χ1v) is 14.0. The highest BCUT2D eigenvalue weighted by Gasteiger charge is 2.40. The number of fused-ring (bicyclic) bond motifs is 1. The summed E-state index contributed by atoms with van der Waals surface area (Å²) in [6.07, 6.45) is -0.875. The Morgan fingerprint density at radius 1 is 1.12 bits per heavy atom. The highest BCUT2D eigenvalue weighted by molar-refractivity contribution is 5.79. The lowest BCUT2D eigenvalue weighted by Gasteiger charge is -2.35. The van der Waals surface area contributed by atoms with Gasteiger partial charge in [0.1, 0.15) is 11.4 Å². The van der Waals surface area contributed by atoms with Crippen LogP contribution in [-0.2, 0) is 23.1 Å². The van der Waals surface area contributed by atoms with E-state index in [2.05, 4.69) is 30.8 Å². The number of aryl methyl sites for hydroxylation is 1. The molecule has 0 spiro atoms. The van der Waals surface area contributed by atoms with Gasteiger partial charge in [0.05, 0.1) is 18.3 Å². The summed E-state index contributed by atoms with van der Waals surface area (Å²) in [5.74, 6) is -0.669. The second-order valence-corrected chi connectivity index (χ2v) is 11.2. The first-order chi connectivity index (χ1) is 20.5. The molecule has 43 heavy (non-hydrogen) atoms. The molecular weight excluding hydrogens is 563 g/mol. The third-order valence-electron chi connectivity index (χ3n) is 8.10. The van der Waals surface area contributed by atoms with Crippen molar-refractivity contribution in [3.8, 4) is 11.3 Å². The number of hydrogen-bond acceptors (Lipinski definition) is 8. The van der Waals surface area contributed by atoms with Crippen molar-refractivity contribution in [3.05, 3.63) is 83.3 Å². The van der Waals surface area contributed by atoms with E-state index in [-0.39, 0.29) is 30.6 Å². The molecule has 224 valence electrons. The summed E-state index contributed by atoms with van der Waals surface area (Å²) in [6, 6.07) is 13.3. The number of halogens is 3. The molecule has 1 fully saturated rings. The largest absolute Gasteiger partial charge is 0.433 e. The van der Waals surface area contributed by atoms with Crippen molar-refractivity contribution in [3.63, 3.8) is 0 Å². The number of carbonyl (C=O) groups is 1. The summed E-state index contributed by atoms with van der Waals surface area (Å²) < 4.78 is 39.2. The van der Waals surface area contributed by atoms with Crippen molar-refractivity contribution in [2.24, 2.45) is 5.92 Å². The monoisotopic (exact) mass is 593 g/mol. The Labute approximate surface area is 245 Å². The molecule has 2 aliphatic rings. The molecule has 1 saturated carbocycles. The van der Waals surface area contributed by atoms with Gasteiger partial charge >= 0.3 is 6.18 Å². The molecule has 4 aromatic rings. The molecule has 2 heterocycles. The van der Waals surface area contributed by atoms with E-state index in [0.29, 0.717) is 36.2 Å². The van der Waals surface area contributed by atoms with Gasteiger partial charge in [-0.2, -0.15) is 28.2 Å². The van der Waals surface area contributed by atoms with Crippen LogP contribution >= 0.6 is 0 Å². The molecule has 1 amide bonds. The van der Waals surface area contributed by atoms with Crippen molar-refractivity contribution < 1.29 is 28.2 Å². The molecule has 2 aromatic heterocycles. The molecule has 13 heteroatoms. The van der Waals surface area contributed by atoms with Gasteiger partial charge in [-0.25, -0.2) is 9.97 Å². The molecule has 2 atom stereocenters. The van der Waals surface area contributed by atoms with E-state index in [4.69, 9.17) is 0 Å². The third-order valence-corrected chi connectivity index (χ3v) is 8.10. The van der Waals surface area contributed by atoms with Crippen molar-refractivity contribution in [1.29, 1.82) is 0 Å². The summed E-state index contributed by atoms with van der Waals surface area (Å²) >= 11 is 0. The minimum atomic E-state index is -4.59. The van der Waals surface area contributed by atoms with E-state index in [9.17, 15) is 28.2 Å². The fourth-order valence-electron chi connectivity index (χ4n) is 5.87. The molecule has 2 unspecified atom stereocenters. The molecule has 0 aliphatic heterocycles. The van der Waals surface area contributed by atoms with Crippen LogP contribution in [0.15, 0.2) is 60.9 Å². The molecule has 6 rings (SSSR count). The predicted molar refractivity (Wildman–Crippen MR) is 150 cm³/mol. The Balaban J connectivity index is 1.12. The summed E-state index contributed by atoms with van der Waals surface area (Å²) in [4.78, 5) is 21.8. The first-order valence-electron chi connectivity index (χ1n) is 14.0. The maximum atomic E-state index is 13.1. The average molecular weight is 594 g/mol. The Hall–Kier alpha value is -4.36. The van der Waals surface area contributed by atoms with Crippen LogP contribution in [0.5, 0.6) is 0 Å². The summed E-state index contributed by atoms with van der Waals surface area (Å²) in [5, 5.41) is 36.6. The number of amides is 1. The summed E-state index contributed by atoms with van der Waals surface area (Å²) in [5.41, 5.74) is 1.88. The van der Waals surface area contributed by atoms with Crippen molar-refractivity contribution in [2.45, 2.75) is 63.1 Å². The van der Waals surface area contributed by atoms with Gasteiger partial charge in [-0.3, -0.25) is 4.79 Å². The number of nitrogens with zero attached hydrogens (tertiary/aromatic N) is 5. The van der Waals surface area contributed by atoms with E-state index in [1.54, 1.807) is 12.1 Å². The van der Waals surface area contributed by atoms with Crippen molar-refractivity contribution in [2.75, 3.05) is 5.32 Å². The lowest BCUT2D eigenvalue weighted by molar-refractivity contribution is -0.141. The summed E-state index contributed by atoms with van der Waals surface area (Å²) in [6.45, 7) is 1.83. The lowest BCUT2D eigenvalue weighted by atomic mass is 9.83. The van der Waals surface area contributed by atoms with E-state index < -0.39 is 29.7 Å². The first kappa shape index (κ1) is 28.7. The van der Waals surface area contributed by atoms with Crippen LogP contribution in [0.1, 0.15) is 54.1 Å².